The summed E-state index contributed by atoms with van der Waals surface area (Å²) in [5.74, 6) is 0. The second kappa shape index (κ2) is 5.05. The van der Waals surface area contributed by atoms with Crippen molar-refractivity contribution in [1.29, 1.82) is 0 Å². The van der Waals surface area contributed by atoms with E-state index in [-0.39, 0.29) is 6.61 Å². The maximum atomic E-state index is 8.25. The Morgan fingerprint density at radius 1 is 1.86 bits per heavy atom. The Kier molecular flexibility index (Phi) is 5.71. The minimum atomic E-state index is 0.234. The van der Waals surface area contributed by atoms with Gasteiger partial charge in [0.1, 0.15) is 0 Å². The van der Waals surface area contributed by atoms with Gasteiger partial charge in [0, 0.05) is 6.61 Å². The maximum Gasteiger partial charge on any atom is 0.0520 e. The predicted molar refractivity (Wildman–Crippen MR) is 42.7 cm³/mol. The zero-order valence-corrected chi connectivity index (χ0v) is 7.44. The van der Waals surface area contributed by atoms with E-state index in [4.69, 9.17) is 5.11 Å². The van der Waals surface area contributed by atoms with Crippen LogP contribution in [-0.2, 0) is 0 Å². The first-order chi connectivity index (χ1) is 3.27. The molecule has 0 aliphatic rings. The van der Waals surface area contributed by atoms with Crippen LogP contribution < -0.4 is 0 Å². The molecule has 1 N–H and O–H groups in total. The van der Waals surface area contributed by atoms with Crippen molar-refractivity contribution in [2.24, 2.45) is 0 Å². The van der Waals surface area contributed by atoms with Gasteiger partial charge in [-0.2, -0.15) is 0 Å². The SMILES string of the molecule is OCC/C=C(/Br)I. The third-order valence-electron chi connectivity index (χ3n) is 0.428. The molecular formula is C4H6BrIO. The molecule has 0 amide bonds. The van der Waals surface area contributed by atoms with Crippen LogP contribution in [0.2, 0.25) is 0 Å². The summed E-state index contributed by atoms with van der Waals surface area (Å²) in [6.45, 7) is 0.234. The number of hydrogen-bond acceptors (Lipinski definition) is 1. The highest BCUT2D eigenvalue weighted by Gasteiger charge is 1.77. The average Bonchev–Trinajstić information content (AvgIpc) is 1.61. The lowest BCUT2D eigenvalue weighted by molar-refractivity contribution is 0.302. The minimum absolute atomic E-state index is 0.234. The number of aliphatic hydroxyl groups is 1. The van der Waals surface area contributed by atoms with E-state index in [1.807, 2.05) is 6.08 Å². The van der Waals surface area contributed by atoms with Crippen LogP contribution in [0.1, 0.15) is 6.42 Å². The van der Waals surface area contributed by atoms with Gasteiger partial charge in [0.15, 0.2) is 0 Å². The Bertz CT molecular complexity index is 68.1. The quantitative estimate of drug-likeness (QED) is 0.766. The highest BCUT2D eigenvalue weighted by atomic mass is 127. The second-order valence-electron chi connectivity index (χ2n) is 1.01. The standard InChI is InChI=1S/C4H6BrIO/c5-4(6)2-1-3-7/h2,7H,1,3H2/b4-2-. The first-order valence-electron chi connectivity index (χ1n) is 1.89. The highest BCUT2D eigenvalue weighted by Crippen LogP contribution is 2.13. The Hall–Kier alpha value is 0.910. The van der Waals surface area contributed by atoms with Crippen LogP contribution in [0.5, 0.6) is 0 Å². The Labute approximate surface area is 65.1 Å². The van der Waals surface area contributed by atoms with E-state index >= 15 is 0 Å². The van der Waals surface area contributed by atoms with Gasteiger partial charge in [-0.1, -0.05) is 6.08 Å². The lowest BCUT2D eigenvalue weighted by Crippen LogP contribution is -1.74. The monoisotopic (exact) mass is 276 g/mol. The van der Waals surface area contributed by atoms with E-state index < -0.39 is 0 Å². The number of halogens is 2. The molecule has 42 valence electrons. The molecule has 0 atom stereocenters. The van der Waals surface area contributed by atoms with Crippen LogP contribution in [-0.4, -0.2) is 11.7 Å². The van der Waals surface area contributed by atoms with Gasteiger partial charge in [-0.15, -0.1) is 0 Å². The fourth-order valence-corrected chi connectivity index (χ4v) is 0.714. The van der Waals surface area contributed by atoms with E-state index in [0.717, 1.165) is 8.91 Å². The van der Waals surface area contributed by atoms with Crippen molar-refractivity contribution in [2.75, 3.05) is 6.61 Å². The molecule has 0 rings (SSSR count). The van der Waals surface area contributed by atoms with Gasteiger partial charge in [0.05, 0.1) is 2.49 Å². The maximum absolute atomic E-state index is 8.25. The Balaban J connectivity index is 3.08. The third-order valence-corrected chi connectivity index (χ3v) is 1.19. The summed E-state index contributed by atoms with van der Waals surface area (Å²) in [7, 11) is 0. The molecule has 3 heteroatoms. The highest BCUT2D eigenvalue weighted by molar-refractivity contribution is 14.1. The van der Waals surface area contributed by atoms with Crippen LogP contribution in [0.25, 0.3) is 0 Å². The number of hydrogen-bond donors (Lipinski definition) is 1. The van der Waals surface area contributed by atoms with Crippen molar-refractivity contribution < 1.29 is 5.11 Å². The molecule has 0 aliphatic heterocycles. The van der Waals surface area contributed by atoms with Crippen molar-refractivity contribution in [1.82, 2.24) is 0 Å². The summed E-state index contributed by atoms with van der Waals surface area (Å²) >= 11 is 5.34. The van der Waals surface area contributed by atoms with Crippen molar-refractivity contribution in [3.05, 3.63) is 8.57 Å². The van der Waals surface area contributed by atoms with Gasteiger partial charge in [-0.25, -0.2) is 0 Å². The van der Waals surface area contributed by atoms with Crippen molar-refractivity contribution >= 4 is 38.5 Å². The van der Waals surface area contributed by atoms with Gasteiger partial charge in [-0.05, 0) is 44.9 Å². The fraction of sp³-hybridized carbons (Fsp3) is 0.500. The molecule has 0 unspecified atom stereocenters. The molecule has 0 aromatic carbocycles. The predicted octanol–water partition coefficient (Wildman–Crippen LogP) is 2.04. The first kappa shape index (κ1) is 7.91. The zero-order valence-electron chi connectivity index (χ0n) is 3.69. The molecule has 0 fully saturated rings. The van der Waals surface area contributed by atoms with Crippen LogP contribution in [0, 0.1) is 0 Å². The number of rotatable bonds is 2. The van der Waals surface area contributed by atoms with E-state index in [0.29, 0.717) is 0 Å². The summed E-state index contributed by atoms with van der Waals surface area (Å²) in [5, 5.41) is 8.25. The summed E-state index contributed by atoms with van der Waals surface area (Å²) in [6, 6.07) is 0. The topological polar surface area (TPSA) is 20.2 Å². The van der Waals surface area contributed by atoms with Gasteiger partial charge in [0.2, 0.25) is 0 Å². The molecule has 0 bridgehead atoms. The van der Waals surface area contributed by atoms with Crippen LogP contribution >= 0.6 is 38.5 Å². The molecule has 1 nitrogen and oxygen atoms in total. The summed E-state index contributed by atoms with van der Waals surface area (Å²) in [5.41, 5.74) is 0. The lowest BCUT2D eigenvalue weighted by Gasteiger charge is -1.81. The normalized spacial score (nSPS) is 12.1. The second-order valence-corrected chi connectivity index (χ2v) is 4.51. The lowest BCUT2D eigenvalue weighted by atomic mass is 10.5. The van der Waals surface area contributed by atoms with Crippen LogP contribution in [0.3, 0.4) is 0 Å². The largest absolute Gasteiger partial charge is 0.396 e. The van der Waals surface area contributed by atoms with E-state index in [1.54, 1.807) is 0 Å². The fourth-order valence-electron chi connectivity index (χ4n) is 0.174. The Morgan fingerprint density at radius 3 is 2.57 bits per heavy atom. The molecule has 0 aliphatic carbocycles. The molecule has 0 heterocycles. The van der Waals surface area contributed by atoms with E-state index in [2.05, 4.69) is 38.5 Å². The summed E-state index contributed by atoms with van der Waals surface area (Å²) < 4.78 is 1.05. The molecule has 0 aromatic rings. The zero-order chi connectivity index (χ0) is 5.70. The summed E-state index contributed by atoms with van der Waals surface area (Å²) in [4.78, 5) is 0. The number of aliphatic hydroxyl groups excluding tert-OH is 1. The van der Waals surface area contributed by atoms with Crippen LogP contribution in [0.4, 0.5) is 0 Å². The third kappa shape index (κ3) is 6.91. The first-order valence-corrected chi connectivity index (χ1v) is 3.76. The molecule has 0 aromatic heterocycles. The molecule has 0 saturated heterocycles. The van der Waals surface area contributed by atoms with Crippen molar-refractivity contribution in [3.63, 3.8) is 0 Å². The minimum Gasteiger partial charge on any atom is -0.396 e. The smallest absolute Gasteiger partial charge is 0.0520 e. The Morgan fingerprint density at radius 2 is 2.43 bits per heavy atom. The van der Waals surface area contributed by atoms with Crippen molar-refractivity contribution in [2.45, 2.75) is 6.42 Å². The van der Waals surface area contributed by atoms with Gasteiger partial charge >= 0.3 is 0 Å². The van der Waals surface area contributed by atoms with E-state index in [1.165, 1.54) is 0 Å². The molecule has 0 saturated carbocycles. The van der Waals surface area contributed by atoms with Gasteiger partial charge in [-0.3, -0.25) is 0 Å². The van der Waals surface area contributed by atoms with Crippen molar-refractivity contribution in [3.8, 4) is 0 Å². The average molecular weight is 277 g/mol. The van der Waals surface area contributed by atoms with Gasteiger partial charge < -0.3 is 5.11 Å². The van der Waals surface area contributed by atoms with Gasteiger partial charge in [0.25, 0.3) is 0 Å². The molecular weight excluding hydrogens is 271 g/mol. The molecule has 0 radical (unpaired) electrons. The molecule has 7 heavy (non-hydrogen) atoms. The van der Waals surface area contributed by atoms with Crippen LogP contribution in [0.15, 0.2) is 8.57 Å². The van der Waals surface area contributed by atoms with E-state index in [9.17, 15) is 0 Å². The summed E-state index contributed by atoms with van der Waals surface area (Å²) in [6.07, 6.45) is 2.66. The molecule has 0 spiro atoms.